The molecule has 2 bridgehead atoms. The Kier molecular flexibility index (Phi) is 5.77. The van der Waals surface area contributed by atoms with E-state index in [-0.39, 0.29) is 28.6 Å². The fraction of sp³-hybridized carbons (Fsp3) is 0.524. The molecular formula is C21H22Cl2N2O5. The minimum absolute atomic E-state index is 0.146. The van der Waals surface area contributed by atoms with Crippen LogP contribution in [-0.2, 0) is 23.9 Å². The van der Waals surface area contributed by atoms with E-state index in [1.165, 1.54) is 0 Å². The molecule has 1 aromatic carbocycles. The molecule has 2 saturated carbocycles. The largest absolute Gasteiger partial charge is 0.454 e. The van der Waals surface area contributed by atoms with E-state index < -0.39 is 48.7 Å². The van der Waals surface area contributed by atoms with Gasteiger partial charge in [0.1, 0.15) is 6.54 Å². The molecule has 2 aliphatic carbocycles. The Morgan fingerprint density at radius 3 is 2.23 bits per heavy atom. The number of amides is 3. The number of fused-ring (bicyclic) bond motifs is 5. The summed E-state index contributed by atoms with van der Waals surface area (Å²) in [5.74, 6) is -3.39. The molecule has 1 heterocycles. The van der Waals surface area contributed by atoms with Gasteiger partial charge in [0, 0.05) is 0 Å². The third-order valence-corrected chi connectivity index (χ3v) is 7.73. The van der Waals surface area contributed by atoms with Crippen LogP contribution in [0.1, 0.15) is 24.9 Å². The van der Waals surface area contributed by atoms with E-state index in [0.717, 1.165) is 10.5 Å². The normalized spacial score (nSPS) is 32.8. The average Bonchev–Trinajstić information content (AvgIpc) is 3.34. The summed E-state index contributed by atoms with van der Waals surface area (Å²) in [5.41, 5.74) is 0.918. The lowest BCUT2D eigenvalue weighted by molar-refractivity contribution is -0.155. The van der Waals surface area contributed by atoms with Gasteiger partial charge in [0.2, 0.25) is 11.8 Å². The number of imide groups is 1. The topological polar surface area (TPSA) is 92.8 Å². The third-order valence-electron chi connectivity index (χ3n) is 6.41. The van der Waals surface area contributed by atoms with Gasteiger partial charge in [0.15, 0.2) is 6.61 Å². The average molecular weight is 453 g/mol. The molecule has 7 nitrogen and oxygen atoms in total. The summed E-state index contributed by atoms with van der Waals surface area (Å²) in [6.07, 6.45) is 0.660. The second kappa shape index (κ2) is 8.19. The van der Waals surface area contributed by atoms with Crippen molar-refractivity contribution in [3.8, 4) is 0 Å². The molecule has 30 heavy (non-hydrogen) atoms. The fourth-order valence-corrected chi connectivity index (χ4v) is 5.89. The lowest BCUT2D eigenvalue weighted by Gasteiger charge is -2.28. The van der Waals surface area contributed by atoms with Crippen LogP contribution in [0.2, 0.25) is 0 Å². The van der Waals surface area contributed by atoms with E-state index in [4.69, 9.17) is 27.9 Å². The predicted octanol–water partition coefficient (Wildman–Crippen LogP) is 1.87. The van der Waals surface area contributed by atoms with Gasteiger partial charge in [-0.3, -0.25) is 24.1 Å². The maximum absolute atomic E-state index is 12.7. The van der Waals surface area contributed by atoms with Gasteiger partial charge in [-0.25, -0.2) is 0 Å². The molecular weight excluding hydrogens is 431 g/mol. The monoisotopic (exact) mass is 452 g/mol. The second-order valence-corrected chi connectivity index (χ2v) is 9.13. The highest BCUT2D eigenvalue weighted by Crippen LogP contribution is 2.59. The van der Waals surface area contributed by atoms with Gasteiger partial charge in [-0.2, -0.15) is 0 Å². The molecule has 1 N–H and O–H groups in total. The van der Waals surface area contributed by atoms with Crippen LogP contribution < -0.4 is 5.32 Å². The number of carbonyl (C=O) groups excluding carboxylic acids is 4. The number of rotatable bonds is 6. The lowest BCUT2D eigenvalue weighted by atomic mass is 9.80. The molecule has 1 aliphatic heterocycles. The van der Waals surface area contributed by atoms with E-state index in [1.54, 1.807) is 0 Å². The molecule has 1 aromatic rings. The molecule has 1 saturated heterocycles. The molecule has 0 unspecified atom stereocenters. The summed E-state index contributed by atoms with van der Waals surface area (Å²) in [5, 5.41) is 2.03. The number of nitrogens with zero attached hydrogens (tertiary/aromatic N) is 1. The Bertz CT molecular complexity index is 847. The summed E-state index contributed by atoms with van der Waals surface area (Å²) >= 11 is 12.6. The van der Waals surface area contributed by atoms with Crippen LogP contribution in [0.3, 0.4) is 0 Å². The SMILES string of the molecule is C[C@H](NC(=O)COC(=O)CN1C(=O)[C@@H]2[C@H]3C[C@@H]([C@H](Cl)[C@@H]3Cl)[C@@H]2C1=O)c1ccccc1. The zero-order valence-corrected chi connectivity index (χ0v) is 17.8. The van der Waals surface area contributed by atoms with Gasteiger partial charge in [0.25, 0.3) is 5.91 Å². The first-order chi connectivity index (χ1) is 14.3. The molecule has 160 valence electrons. The Hall–Kier alpha value is -2.12. The highest BCUT2D eigenvalue weighted by atomic mass is 35.5. The van der Waals surface area contributed by atoms with Gasteiger partial charge in [0.05, 0.1) is 28.6 Å². The molecule has 4 rings (SSSR count). The zero-order valence-electron chi connectivity index (χ0n) is 16.3. The van der Waals surface area contributed by atoms with Crippen molar-refractivity contribution in [2.75, 3.05) is 13.2 Å². The molecule has 0 radical (unpaired) electrons. The number of carbonyl (C=O) groups is 4. The smallest absolute Gasteiger partial charge is 0.326 e. The van der Waals surface area contributed by atoms with Crippen molar-refractivity contribution in [1.29, 1.82) is 0 Å². The minimum atomic E-state index is -0.809. The maximum Gasteiger partial charge on any atom is 0.326 e. The Labute approximate surface area is 184 Å². The molecule has 9 heteroatoms. The summed E-state index contributed by atoms with van der Waals surface area (Å²) in [6.45, 7) is 0.821. The number of hydrogen-bond donors (Lipinski definition) is 1. The van der Waals surface area contributed by atoms with Crippen LogP contribution >= 0.6 is 23.2 Å². The highest BCUT2D eigenvalue weighted by Gasteiger charge is 2.66. The number of likely N-dealkylation sites (tertiary alicyclic amines) is 1. The highest BCUT2D eigenvalue weighted by molar-refractivity contribution is 6.31. The van der Waals surface area contributed by atoms with Crippen LogP contribution in [0.5, 0.6) is 0 Å². The molecule has 0 spiro atoms. The molecule has 0 aromatic heterocycles. The first-order valence-electron chi connectivity index (χ1n) is 9.93. The fourth-order valence-electron chi connectivity index (χ4n) is 5.00. The van der Waals surface area contributed by atoms with E-state index >= 15 is 0 Å². The van der Waals surface area contributed by atoms with Crippen molar-refractivity contribution in [3.63, 3.8) is 0 Å². The first-order valence-corrected chi connectivity index (χ1v) is 10.8. The Balaban J connectivity index is 1.29. The van der Waals surface area contributed by atoms with E-state index in [9.17, 15) is 19.2 Å². The van der Waals surface area contributed by atoms with Crippen LogP contribution in [0.4, 0.5) is 0 Å². The van der Waals surface area contributed by atoms with Crippen LogP contribution in [-0.4, -0.2) is 52.5 Å². The summed E-state index contributed by atoms with van der Waals surface area (Å²) < 4.78 is 4.98. The predicted molar refractivity (Wildman–Crippen MR) is 109 cm³/mol. The number of alkyl halides is 2. The standard InChI is InChI=1S/C21H22Cl2N2O5/c1-10(11-5-3-2-4-6-11)24-14(26)9-30-15(27)8-25-20(28)16-12-7-13(17(16)21(25)29)19(23)18(12)22/h2-6,10,12-13,16-19H,7-9H2,1H3,(H,24,26)/t10-,12+,13+,16-,17+,18-,19+/m0/s1. The van der Waals surface area contributed by atoms with Crippen molar-refractivity contribution in [1.82, 2.24) is 10.2 Å². The van der Waals surface area contributed by atoms with Crippen molar-refractivity contribution in [3.05, 3.63) is 35.9 Å². The maximum atomic E-state index is 12.7. The van der Waals surface area contributed by atoms with Crippen LogP contribution in [0, 0.1) is 23.7 Å². The number of benzene rings is 1. The van der Waals surface area contributed by atoms with E-state index in [1.807, 2.05) is 37.3 Å². The summed E-state index contributed by atoms with van der Waals surface area (Å²) in [4.78, 5) is 50.6. The van der Waals surface area contributed by atoms with Gasteiger partial charge in [-0.05, 0) is 30.7 Å². The first kappa shape index (κ1) is 21.1. The van der Waals surface area contributed by atoms with Gasteiger partial charge in [-0.15, -0.1) is 23.2 Å². The van der Waals surface area contributed by atoms with Crippen LogP contribution in [0.15, 0.2) is 30.3 Å². The van der Waals surface area contributed by atoms with Crippen molar-refractivity contribution < 1.29 is 23.9 Å². The van der Waals surface area contributed by atoms with Crippen molar-refractivity contribution in [2.45, 2.75) is 30.1 Å². The quantitative estimate of drug-likeness (QED) is 0.404. The zero-order chi connectivity index (χ0) is 21.6. The van der Waals surface area contributed by atoms with E-state index in [2.05, 4.69) is 5.32 Å². The molecule has 7 atom stereocenters. The molecule has 3 fully saturated rings. The van der Waals surface area contributed by atoms with Gasteiger partial charge < -0.3 is 10.1 Å². The Morgan fingerprint density at radius 1 is 1.10 bits per heavy atom. The second-order valence-electron chi connectivity index (χ2n) is 8.13. The summed E-state index contributed by atoms with van der Waals surface area (Å²) in [7, 11) is 0. The Morgan fingerprint density at radius 2 is 1.67 bits per heavy atom. The van der Waals surface area contributed by atoms with Gasteiger partial charge >= 0.3 is 5.97 Å². The van der Waals surface area contributed by atoms with Gasteiger partial charge in [-0.1, -0.05) is 30.3 Å². The molecule has 3 aliphatic rings. The van der Waals surface area contributed by atoms with E-state index in [0.29, 0.717) is 6.42 Å². The van der Waals surface area contributed by atoms with Crippen molar-refractivity contribution in [2.24, 2.45) is 23.7 Å². The summed E-state index contributed by atoms with van der Waals surface area (Å²) in [6, 6.07) is 9.11. The van der Waals surface area contributed by atoms with Crippen molar-refractivity contribution >= 4 is 46.9 Å². The molecule has 3 amide bonds. The number of hydrogen-bond acceptors (Lipinski definition) is 5. The third kappa shape index (κ3) is 3.58. The number of halogens is 2. The minimum Gasteiger partial charge on any atom is -0.454 e. The van der Waals surface area contributed by atoms with Crippen LogP contribution in [0.25, 0.3) is 0 Å². The lowest BCUT2D eigenvalue weighted by Crippen LogP contribution is -2.39. The number of ether oxygens (including phenoxy) is 1. The number of nitrogens with one attached hydrogen (secondary N) is 1. The number of esters is 1.